The van der Waals surface area contributed by atoms with Gasteiger partial charge in [0.1, 0.15) is 0 Å². The second kappa shape index (κ2) is 7.63. The van der Waals surface area contributed by atoms with E-state index in [1.165, 1.54) is 0 Å². The second-order valence-electron chi connectivity index (χ2n) is 4.41. The van der Waals surface area contributed by atoms with Gasteiger partial charge in [-0.2, -0.15) is 0 Å². The van der Waals surface area contributed by atoms with Crippen LogP contribution in [0.3, 0.4) is 0 Å². The van der Waals surface area contributed by atoms with Crippen molar-refractivity contribution in [1.29, 1.82) is 0 Å². The molecule has 0 bridgehead atoms. The summed E-state index contributed by atoms with van der Waals surface area (Å²) < 4.78 is 5.26. The summed E-state index contributed by atoms with van der Waals surface area (Å²) in [5.41, 5.74) is 5.40. The van der Waals surface area contributed by atoms with Crippen LogP contribution in [-0.2, 0) is 9.53 Å². The van der Waals surface area contributed by atoms with E-state index >= 15 is 0 Å². The monoisotopic (exact) mass is 275 g/mol. The van der Waals surface area contributed by atoms with E-state index in [4.69, 9.17) is 22.7 Å². The van der Waals surface area contributed by atoms with E-state index in [1.807, 2.05) is 4.90 Å². The van der Waals surface area contributed by atoms with Crippen molar-refractivity contribution < 1.29 is 14.6 Å². The summed E-state index contributed by atoms with van der Waals surface area (Å²) in [7, 11) is 1.73. The summed E-state index contributed by atoms with van der Waals surface area (Å²) in [6.45, 7) is 2.56. The average Bonchev–Trinajstić information content (AvgIpc) is 2.36. The van der Waals surface area contributed by atoms with Crippen LogP contribution < -0.4 is 5.73 Å². The predicted octanol–water partition coefficient (Wildman–Crippen LogP) is -1.19. The van der Waals surface area contributed by atoms with Gasteiger partial charge >= 0.3 is 0 Å². The Kier molecular flexibility index (Phi) is 6.48. The highest BCUT2D eigenvalue weighted by molar-refractivity contribution is 7.80. The molecule has 0 saturated carbocycles. The minimum absolute atomic E-state index is 0.00385. The lowest BCUT2D eigenvalue weighted by atomic mass is 10.2. The standard InChI is InChI=1S/C11H21N3O3S/c1-13(3-2-10(12)18)11(16)6-14-4-5-17-8-9(14)7-15/h9,15H,2-8H2,1H3,(H2,12,18). The van der Waals surface area contributed by atoms with Gasteiger partial charge < -0.3 is 20.5 Å². The number of ether oxygens (including phenoxy) is 1. The molecular weight excluding hydrogens is 254 g/mol. The first-order chi connectivity index (χ1) is 8.54. The van der Waals surface area contributed by atoms with Gasteiger partial charge in [0.05, 0.1) is 37.4 Å². The fourth-order valence-electron chi connectivity index (χ4n) is 1.76. The van der Waals surface area contributed by atoms with Crippen LogP contribution in [0, 0.1) is 0 Å². The molecule has 1 amide bonds. The van der Waals surface area contributed by atoms with Gasteiger partial charge in [-0.1, -0.05) is 12.2 Å². The van der Waals surface area contributed by atoms with E-state index in [2.05, 4.69) is 0 Å². The summed E-state index contributed by atoms with van der Waals surface area (Å²) in [4.78, 5) is 15.9. The fraction of sp³-hybridized carbons (Fsp3) is 0.818. The molecule has 1 rings (SSSR count). The number of carbonyl (C=O) groups is 1. The van der Waals surface area contributed by atoms with Gasteiger partial charge in [-0.15, -0.1) is 0 Å². The van der Waals surface area contributed by atoms with E-state index < -0.39 is 0 Å². The number of morpholine rings is 1. The highest BCUT2D eigenvalue weighted by Crippen LogP contribution is 2.06. The fourth-order valence-corrected chi connectivity index (χ4v) is 1.85. The molecule has 1 saturated heterocycles. The van der Waals surface area contributed by atoms with Crippen molar-refractivity contribution in [3.05, 3.63) is 0 Å². The van der Waals surface area contributed by atoms with Crippen LogP contribution in [0.15, 0.2) is 0 Å². The molecule has 1 aliphatic heterocycles. The number of hydrogen-bond acceptors (Lipinski definition) is 5. The Morgan fingerprint density at radius 3 is 3.00 bits per heavy atom. The smallest absolute Gasteiger partial charge is 0.236 e. The maximum Gasteiger partial charge on any atom is 0.236 e. The van der Waals surface area contributed by atoms with Crippen LogP contribution in [0.4, 0.5) is 0 Å². The number of rotatable bonds is 6. The molecule has 0 aromatic carbocycles. The van der Waals surface area contributed by atoms with Crippen LogP contribution in [-0.4, -0.2) is 78.3 Å². The Hall–Kier alpha value is -0.760. The molecule has 1 aliphatic rings. The first-order valence-electron chi connectivity index (χ1n) is 5.99. The van der Waals surface area contributed by atoms with E-state index in [-0.39, 0.29) is 18.6 Å². The molecule has 0 aliphatic carbocycles. The number of carbonyl (C=O) groups excluding carboxylic acids is 1. The largest absolute Gasteiger partial charge is 0.395 e. The zero-order chi connectivity index (χ0) is 13.5. The maximum absolute atomic E-state index is 12.0. The van der Waals surface area contributed by atoms with Crippen molar-refractivity contribution in [1.82, 2.24) is 9.80 Å². The van der Waals surface area contributed by atoms with Gasteiger partial charge in [0, 0.05) is 26.6 Å². The molecule has 3 N–H and O–H groups in total. The molecule has 0 aromatic heterocycles. The summed E-state index contributed by atoms with van der Waals surface area (Å²) in [5, 5.41) is 9.21. The van der Waals surface area contributed by atoms with Crippen molar-refractivity contribution in [2.75, 3.05) is 46.5 Å². The third kappa shape index (κ3) is 4.85. The summed E-state index contributed by atoms with van der Waals surface area (Å²) in [6, 6.07) is -0.0910. The highest BCUT2D eigenvalue weighted by atomic mass is 32.1. The van der Waals surface area contributed by atoms with Crippen LogP contribution >= 0.6 is 12.2 Å². The molecular formula is C11H21N3O3S. The molecule has 0 aromatic rings. The first-order valence-corrected chi connectivity index (χ1v) is 6.40. The number of aliphatic hydroxyl groups is 1. The number of nitrogens with zero attached hydrogens (tertiary/aromatic N) is 2. The molecule has 1 heterocycles. The van der Waals surface area contributed by atoms with Gasteiger partial charge in [-0.05, 0) is 0 Å². The number of aliphatic hydroxyl groups excluding tert-OH is 1. The van der Waals surface area contributed by atoms with Crippen LogP contribution in [0.5, 0.6) is 0 Å². The van der Waals surface area contributed by atoms with Gasteiger partial charge in [-0.25, -0.2) is 0 Å². The number of nitrogens with two attached hydrogens (primary N) is 1. The third-order valence-corrected chi connectivity index (χ3v) is 3.22. The lowest BCUT2D eigenvalue weighted by Gasteiger charge is -2.34. The molecule has 1 unspecified atom stereocenters. The molecule has 0 spiro atoms. The minimum atomic E-state index is -0.0910. The Labute approximate surface area is 113 Å². The van der Waals surface area contributed by atoms with Gasteiger partial charge in [-0.3, -0.25) is 9.69 Å². The Bertz CT molecular complexity index is 301. The molecule has 1 fully saturated rings. The third-order valence-electron chi connectivity index (χ3n) is 3.02. The molecule has 6 nitrogen and oxygen atoms in total. The van der Waals surface area contributed by atoms with Crippen LogP contribution in [0.25, 0.3) is 0 Å². The van der Waals surface area contributed by atoms with E-state index in [0.29, 0.717) is 44.3 Å². The van der Waals surface area contributed by atoms with Crippen molar-refractivity contribution in [3.8, 4) is 0 Å². The van der Waals surface area contributed by atoms with Crippen LogP contribution in [0.1, 0.15) is 6.42 Å². The summed E-state index contributed by atoms with van der Waals surface area (Å²) in [5.74, 6) is 0.00611. The number of amides is 1. The van der Waals surface area contributed by atoms with Crippen molar-refractivity contribution in [2.45, 2.75) is 12.5 Å². The SMILES string of the molecule is CN(CCC(N)=S)C(=O)CN1CCOCC1CO. The van der Waals surface area contributed by atoms with Crippen molar-refractivity contribution in [2.24, 2.45) is 5.73 Å². The normalized spacial score (nSPS) is 20.7. The quantitative estimate of drug-likeness (QED) is 0.594. The minimum Gasteiger partial charge on any atom is -0.395 e. The topological polar surface area (TPSA) is 79.0 Å². The van der Waals surface area contributed by atoms with Crippen LogP contribution in [0.2, 0.25) is 0 Å². The Balaban J connectivity index is 2.39. The van der Waals surface area contributed by atoms with Gasteiger partial charge in [0.15, 0.2) is 0 Å². The Morgan fingerprint density at radius 1 is 1.67 bits per heavy atom. The first kappa shape index (κ1) is 15.3. The summed E-state index contributed by atoms with van der Waals surface area (Å²) >= 11 is 4.78. The average molecular weight is 275 g/mol. The van der Waals surface area contributed by atoms with Crippen molar-refractivity contribution in [3.63, 3.8) is 0 Å². The van der Waals surface area contributed by atoms with E-state index in [0.717, 1.165) is 0 Å². The summed E-state index contributed by atoms with van der Waals surface area (Å²) in [6.07, 6.45) is 0.532. The maximum atomic E-state index is 12.0. The zero-order valence-corrected chi connectivity index (χ0v) is 11.5. The second-order valence-corrected chi connectivity index (χ2v) is 4.94. The molecule has 18 heavy (non-hydrogen) atoms. The molecule has 7 heteroatoms. The highest BCUT2D eigenvalue weighted by Gasteiger charge is 2.25. The van der Waals surface area contributed by atoms with Gasteiger partial charge in [0.2, 0.25) is 5.91 Å². The molecule has 1 atom stereocenters. The molecule has 104 valence electrons. The lowest BCUT2D eigenvalue weighted by Crippen LogP contribution is -2.51. The number of likely N-dealkylation sites (N-methyl/N-ethyl adjacent to an activating group) is 1. The van der Waals surface area contributed by atoms with E-state index in [1.54, 1.807) is 11.9 Å². The predicted molar refractivity (Wildman–Crippen MR) is 72.3 cm³/mol. The molecule has 0 radical (unpaired) electrons. The van der Waals surface area contributed by atoms with Crippen molar-refractivity contribution >= 4 is 23.1 Å². The number of thiocarbonyl (C=S) groups is 1. The van der Waals surface area contributed by atoms with E-state index in [9.17, 15) is 9.90 Å². The lowest BCUT2D eigenvalue weighted by molar-refractivity contribution is -0.133. The number of hydrogen-bond donors (Lipinski definition) is 2. The Morgan fingerprint density at radius 2 is 2.39 bits per heavy atom. The zero-order valence-electron chi connectivity index (χ0n) is 10.7. The van der Waals surface area contributed by atoms with Gasteiger partial charge in [0.25, 0.3) is 0 Å².